The topological polar surface area (TPSA) is 68.3 Å². The molecular weight excluding hydrogens is 268 g/mol. The molecule has 1 amide bonds. The van der Waals surface area contributed by atoms with E-state index < -0.39 is 17.3 Å². The van der Waals surface area contributed by atoms with E-state index in [1.165, 1.54) is 0 Å². The zero-order valence-electron chi connectivity index (χ0n) is 13.6. The smallest absolute Gasteiger partial charge is 0.319 e. The predicted octanol–water partition coefficient (Wildman–Crippen LogP) is 2.86. The maximum atomic E-state index is 12.5. The average Bonchev–Trinajstić information content (AvgIpc) is 2.31. The molecule has 0 saturated heterocycles. The first-order valence-electron chi connectivity index (χ1n) is 7.08. The van der Waals surface area contributed by atoms with Gasteiger partial charge in [-0.05, 0) is 38.3 Å². The van der Waals surface area contributed by atoms with Crippen molar-refractivity contribution in [1.82, 2.24) is 4.98 Å². The van der Waals surface area contributed by atoms with E-state index in [0.29, 0.717) is 5.69 Å². The summed E-state index contributed by atoms with van der Waals surface area (Å²) in [6.07, 6.45) is 0. The number of rotatable bonds is 4. The first-order valence-corrected chi connectivity index (χ1v) is 7.08. The molecule has 0 aliphatic rings. The third kappa shape index (κ3) is 4.55. The fraction of sp³-hybridized carbons (Fsp3) is 0.562. The predicted molar refractivity (Wildman–Crippen MR) is 81.9 cm³/mol. The van der Waals surface area contributed by atoms with Crippen LogP contribution in [0.25, 0.3) is 0 Å². The highest BCUT2D eigenvalue weighted by Gasteiger charge is 2.39. The third-order valence-corrected chi connectivity index (χ3v) is 3.13. The van der Waals surface area contributed by atoms with Crippen molar-refractivity contribution in [3.63, 3.8) is 0 Å². The number of anilines is 1. The second-order valence-corrected chi connectivity index (χ2v) is 6.13. The lowest BCUT2D eigenvalue weighted by molar-refractivity contribution is -0.155. The number of nitrogens with zero attached hydrogens (tertiary/aromatic N) is 1. The molecule has 1 rings (SSSR count). The van der Waals surface area contributed by atoms with Gasteiger partial charge in [0.1, 0.15) is 5.92 Å². The zero-order chi connectivity index (χ0) is 16.2. The summed E-state index contributed by atoms with van der Waals surface area (Å²) >= 11 is 0. The molecule has 0 spiro atoms. The molecule has 1 unspecified atom stereocenters. The second-order valence-electron chi connectivity index (χ2n) is 6.13. The van der Waals surface area contributed by atoms with Crippen LogP contribution in [-0.4, -0.2) is 23.5 Å². The van der Waals surface area contributed by atoms with E-state index in [2.05, 4.69) is 10.3 Å². The van der Waals surface area contributed by atoms with Gasteiger partial charge < -0.3 is 10.1 Å². The molecule has 0 bridgehead atoms. The number of hydrogen-bond donors (Lipinski definition) is 1. The van der Waals surface area contributed by atoms with Crippen molar-refractivity contribution in [3.8, 4) is 0 Å². The van der Waals surface area contributed by atoms with Crippen molar-refractivity contribution in [3.05, 3.63) is 23.5 Å². The van der Waals surface area contributed by atoms with Gasteiger partial charge in [-0.3, -0.25) is 14.6 Å². The van der Waals surface area contributed by atoms with Crippen LogP contribution in [0.15, 0.2) is 12.1 Å². The van der Waals surface area contributed by atoms with Gasteiger partial charge in [0.25, 0.3) is 0 Å². The van der Waals surface area contributed by atoms with Gasteiger partial charge in [-0.2, -0.15) is 0 Å². The Balaban J connectivity index is 2.99. The molecule has 21 heavy (non-hydrogen) atoms. The lowest BCUT2D eigenvalue weighted by Crippen LogP contribution is -2.40. The van der Waals surface area contributed by atoms with E-state index >= 15 is 0 Å². The summed E-state index contributed by atoms with van der Waals surface area (Å²) in [5, 5.41) is 2.78. The Labute approximate surface area is 126 Å². The van der Waals surface area contributed by atoms with Crippen LogP contribution in [-0.2, 0) is 14.3 Å². The van der Waals surface area contributed by atoms with Crippen molar-refractivity contribution in [2.24, 2.45) is 11.3 Å². The quantitative estimate of drug-likeness (QED) is 0.684. The van der Waals surface area contributed by atoms with Crippen molar-refractivity contribution < 1.29 is 14.3 Å². The van der Waals surface area contributed by atoms with Gasteiger partial charge in [0.2, 0.25) is 5.91 Å². The normalized spacial score (nSPS) is 12.7. The molecule has 5 nitrogen and oxygen atoms in total. The Bertz CT molecular complexity index is 533. The number of nitrogens with one attached hydrogen (secondary N) is 1. The summed E-state index contributed by atoms with van der Waals surface area (Å²) in [5.74, 6) is -1.73. The van der Waals surface area contributed by atoms with E-state index in [4.69, 9.17) is 4.74 Å². The highest BCUT2D eigenvalue weighted by atomic mass is 16.5. The van der Waals surface area contributed by atoms with Crippen molar-refractivity contribution >= 4 is 17.6 Å². The number of aryl methyl sites for hydroxylation is 2. The molecule has 0 aliphatic carbocycles. The standard InChI is InChI=1S/C16H24N2O3/c1-7-21-15(20)13(16(4,5)6)14(19)18-12-9-8-10(2)17-11(12)3/h8-9,13H,7H2,1-6H3,(H,18,19). The number of hydrogen-bond acceptors (Lipinski definition) is 4. The molecule has 5 heteroatoms. The van der Waals surface area contributed by atoms with Crippen LogP contribution < -0.4 is 5.32 Å². The first kappa shape index (κ1) is 17.1. The van der Waals surface area contributed by atoms with E-state index in [-0.39, 0.29) is 12.5 Å². The Morgan fingerprint density at radius 3 is 2.38 bits per heavy atom. The monoisotopic (exact) mass is 292 g/mol. The van der Waals surface area contributed by atoms with Crippen LogP contribution in [0.3, 0.4) is 0 Å². The van der Waals surface area contributed by atoms with E-state index in [1.54, 1.807) is 13.0 Å². The van der Waals surface area contributed by atoms with E-state index in [1.807, 2.05) is 40.7 Å². The summed E-state index contributed by atoms with van der Waals surface area (Å²) < 4.78 is 5.02. The van der Waals surface area contributed by atoms with Crippen LogP contribution in [0.1, 0.15) is 39.1 Å². The molecule has 0 radical (unpaired) electrons. The van der Waals surface area contributed by atoms with Crippen LogP contribution >= 0.6 is 0 Å². The van der Waals surface area contributed by atoms with Gasteiger partial charge in [-0.15, -0.1) is 0 Å². The molecule has 1 heterocycles. The SMILES string of the molecule is CCOC(=O)C(C(=O)Nc1ccc(C)nc1C)C(C)(C)C. The lowest BCUT2D eigenvalue weighted by atomic mass is 9.80. The number of carbonyl (C=O) groups excluding carboxylic acids is 2. The Hall–Kier alpha value is -1.91. The number of pyridine rings is 1. The fourth-order valence-electron chi connectivity index (χ4n) is 2.10. The number of ether oxygens (including phenoxy) is 1. The van der Waals surface area contributed by atoms with Gasteiger partial charge in [0.05, 0.1) is 18.0 Å². The maximum Gasteiger partial charge on any atom is 0.319 e. The molecule has 0 aliphatic heterocycles. The highest BCUT2D eigenvalue weighted by molar-refractivity contribution is 6.05. The third-order valence-electron chi connectivity index (χ3n) is 3.13. The Morgan fingerprint density at radius 2 is 1.90 bits per heavy atom. The zero-order valence-corrected chi connectivity index (χ0v) is 13.6. The van der Waals surface area contributed by atoms with Crippen LogP contribution in [0.4, 0.5) is 5.69 Å². The van der Waals surface area contributed by atoms with Crippen molar-refractivity contribution in [2.45, 2.75) is 41.5 Å². The molecular formula is C16H24N2O3. The fourth-order valence-corrected chi connectivity index (χ4v) is 2.10. The molecule has 0 saturated carbocycles. The largest absolute Gasteiger partial charge is 0.465 e. The summed E-state index contributed by atoms with van der Waals surface area (Å²) in [6, 6.07) is 3.61. The molecule has 1 aromatic rings. The minimum absolute atomic E-state index is 0.254. The van der Waals surface area contributed by atoms with Crippen LogP contribution in [0, 0.1) is 25.2 Å². The first-order chi connectivity index (χ1) is 9.66. The van der Waals surface area contributed by atoms with Crippen LogP contribution in [0.2, 0.25) is 0 Å². The molecule has 0 aromatic carbocycles. The van der Waals surface area contributed by atoms with Gasteiger partial charge >= 0.3 is 5.97 Å². The summed E-state index contributed by atoms with van der Waals surface area (Å²) in [6.45, 7) is 11.2. The Kier molecular flexibility index (Phi) is 5.47. The maximum absolute atomic E-state index is 12.5. The minimum Gasteiger partial charge on any atom is -0.465 e. The van der Waals surface area contributed by atoms with Gasteiger partial charge in [-0.25, -0.2) is 0 Å². The van der Waals surface area contributed by atoms with Crippen molar-refractivity contribution in [2.75, 3.05) is 11.9 Å². The minimum atomic E-state index is -0.863. The average molecular weight is 292 g/mol. The molecule has 116 valence electrons. The number of esters is 1. The second kappa shape index (κ2) is 6.70. The number of carbonyl (C=O) groups is 2. The summed E-state index contributed by atoms with van der Waals surface area (Å²) in [4.78, 5) is 28.8. The lowest BCUT2D eigenvalue weighted by Gasteiger charge is -2.27. The molecule has 1 atom stereocenters. The molecule has 1 N–H and O–H groups in total. The van der Waals surface area contributed by atoms with Crippen molar-refractivity contribution in [1.29, 1.82) is 0 Å². The van der Waals surface area contributed by atoms with Crippen LogP contribution in [0.5, 0.6) is 0 Å². The number of amides is 1. The van der Waals surface area contributed by atoms with Gasteiger partial charge in [-0.1, -0.05) is 20.8 Å². The van der Waals surface area contributed by atoms with Gasteiger partial charge in [0.15, 0.2) is 0 Å². The van der Waals surface area contributed by atoms with E-state index in [0.717, 1.165) is 11.4 Å². The van der Waals surface area contributed by atoms with E-state index in [9.17, 15) is 9.59 Å². The highest BCUT2D eigenvalue weighted by Crippen LogP contribution is 2.29. The Morgan fingerprint density at radius 1 is 1.29 bits per heavy atom. The molecule has 0 fully saturated rings. The summed E-state index contributed by atoms with van der Waals surface area (Å²) in [7, 11) is 0. The van der Waals surface area contributed by atoms with Gasteiger partial charge in [0, 0.05) is 5.69 Å². The number of aromatic nitrogens is 1. The summed E-state index contributed by atoms with van der Waals surface area (Å²) in [5.41, 5.74) is 1.69. The molecule has 1 aromatic heterocycles.